The van der Waals surface area contributed by atoms with Crippen molar-refractivity contribution in [2.75, 3.05) is 18.4 Å². The van der Waals surface area contributed by atoms with Crippen LogP contribution in [0.4, 0.5) is 14.6 Å². The molecular weight excluding hydrogens is 426 g/mol. The molecule has 0 unspecified atom stereocenters. The minimum absolute atomic E-state index is 0.334. The highest BCUT2D eigenvalue weighted by Gasteiger charge is 2.21. The number of nitrogens with one attached hydrogen (secondary N) is 1. The van der Waals surface area contributed by atoms with Gasteiger partial charge in [0.2, 0.25) is 0 Å². The van der Waals surface area contributed by atoms with E-state index in [0.29, 0.717) is 24.1 Å². The second-order valence-electron chi connectivity index (χ2n) is 7.72. The van der Waals surface area contributed by atoms with Gasteiger partial charge in [-0.15, -0.1) is 11.3 Å². The van der Waals surface area contributed by atoms with Gasteiger partial charge in [0.15, 0.2) is 0 Å². The van der Waals surface area contributed by atoms with Gasteiger partial charge in [0.05, 0.1) is 5.39 Å². The molecule has 4 rings (SSSR count). The summed E-state index contributed by atoms with van der Waals surface area (Å²) in [5, 5.41) is 4.68. The number of thiophene rings is 1. The first kappa shape index (κ1) is 26.1. The van der Waals surface area contributed by atoms with Gasteiger partial charge < -0.3 is 5.32 Å². The molecule has 0 aliphatic carbocycles. The number of hydrogen-bond acceptors (Lipinski definition) is 5. The summed E-state index contributed by atoms with van der Waals surface area (Å²) in [6.45, 7) is 14.7. The molecule has 0 bridgehead atoms. The molecule has 3 heterocycles. The van der Waals surface area contributed by atoms with Crippen molar-refractivity contribution in [2.45, 2.75) is 72.9 Å². The van der Waals surface area contributed by atoms with Crippen molar-refractivity contribution in [1.82, 2.24) is 14.9 Å². The van der Waals surface area contributed by atoms with Crippen molar-refractivity contribution in [1.29, 1.82) is 0 Å². The molecule has 0 spiro atoms. The van der Waals surface area contributed by atoms with Crippen LogP contribution in [0.1, 0.15) is 70.7 Å². The number of nitrogens with zero attached hydrogens (tertiary/aromatic N) is 3. The molecule has 1 saturated heterocycles. The monoisotopic (exact) mass is 462 g/mol. The minimum Gasteiger partial charge on any atom is -0.367 e. The fraction of sp³-hybridized carbons (Fsp3) is 0.520. The molecule has 0 amide bonds. The van der Waals surface area contributed by atoms with Crippen LogP contribution in [0.15, 0.2) is 30.6 Å². The standard InChI is InChI=1S/C21H24F2N4S.2C2H6/c1-13(2)19-10-18-20(24-12-25-21(18)28-19)26-17-3-5-27(6-4-17)11-14-7-15(22)9-16(23)8-14;2*1-2/h7-10,12-13,17H,3-6,11H2,1-2H3,(H,24,25,26);2*1-2H3. The predicted octanol–water partition coefficient (Wildman–Crippen LogP) is 7.22. The second kappa shape index (κ2) is 12.8. The minimum atomic E-state index is -0.518. The molecule has 1 fully saturated rings. The summed E-state index contributed by atoms with van der Waals surface area (Å²) in [4.78, 5) is 13.5. The highest BCUT2D eigenvalue weighted by molar-refractivity contribution is 7.18. The van der Waals surface area contributed by atoms with E-state index in [9.17, 15) is 8.78 Å². The van der Waals surface area contributed by atoms with Crippen LogP contribution in [0.2, 0.25) is 0 Å². The van der Waals surface area contributed by atoms with Crippen LogP contribution in [-0.2, 0) is 6.54 Å². The SMILES string of the molecule is CC.CC.CC(C)c1cc2c(NC3CCN(Cc4cc(F)cc(F)c4)CC3)ncnc2s1. The summed E-state index contributed by atoms with van der Waals surface area (Å²) in [5.41, 5.74) is 0.681. The first-order valence-electron chi connectivity index (χ1n) is 11.7. The molecule has 3 aromatic rings. The number of rotatable bonds is 5. The average molecular weight is 463 g/mol. The number of likely N-dealkylation sites (tertiary alicyclic amines) is 1. The van der Waals surface area contributed by atoms with E-state index < -0.39 is 11.6 Å². The van der Waals surface area contributed by atoms with Gasteiger partial charge in [-0.1, -0.05) is 41.5 Å². The van der Waals surface area contributed by atoms with Crippen molar-refractivity contribution < 1.29 is 8.78 Å². The molecule has 32 heavy (non-hydrogen) atoms. The van der Waals surface area contributed by atoms with Crippen LogP contribution < -0.4 is 5.32 Å². The van der Waals surface area contributed by atoms with E-state index in [2.05, 4.69) is 40.1 Å². The smallest absolute Gasteiger partial charge is 0.138 e. The zero-order valence-corrected chi connectivity index (χ0v) is 20.9. The Balaban J connectivity index is 0.000000860. The maximum atomic E-state index is 13.4. The maximum Gasteiger partial charge on any atom is 0.138 e. The van der Waals surface area contributed by atoms with Crippen LogP contribution >= 0.6 is 11.3 Å². The lowest BCUT2D eigenvalue weighted by Crippen LogP contribution is -2.38. The molecule has 4 nitrogen and oxygen atoms in total. The molecule has 2 aromatic heterocycles. The van der Waals surface area contributed by atoms with Crippen molar-refractivity contribution in [3.05, 3.63) is 52.7 Å². The zero-order valence-electron chi connectivity index (χ0n) is 20.1. The van der Waals surface area contributed by atoms with Crippen LogP contribution in [0.5, 0.6) is 0 Å². The lowest BCUT2D eigenvalue weighted by Gasteiger charge is -2.32. The normalized spacial score (nSPS) is 14.5. The van der Waals surface area contributed by atoms with E-state index in [1.54, 1.807) is 17.7 Å². The zero-order chi connectivity index (χ0) is 23.7. The van der Waals surface area contributed by atoms with Gasteiger partial charge in [-0.2, -0.15) is 0 Å². The van der Waals surface area contributed by atoms with E-state index in [1.165, 1.54) is 17.0 Å². The quantitative estimate of drug-likeness (QED) is 0.434. The molecule has 0 atom stereocenters. The fourth-order valence-corrected chi connectivity index (χ4v) is 4.66. The lowest BCUT2D eigenvalue weighted by atomic mass is 10.0. The van der Waals surface area contributed by atoms with Gasteiger partial charge in [-0.25, -0.2) is 18.7 Å². The number of aromatic nitrogens is 2. The molecule has 1 aromatic carbocycles. The summed E-state index contributed by atoms with van der Waals surface area (Å²) in [6.07, 6.45) is 3.55. The molecule has 1 aliphatic rings. The van der Waals surface area contributed by atoms with Gasteiger partial charge in [-0.05, 0) is 42.5 Å². The van der Waals surface area contributed by atoms with Gasteiger partial charge in [0.25, 0.3) is 0 Å². The third-order valence-corrected chi connectivity index (χ3v) is 6.52. The third kappa shape index (κ3) is 6.94. The highest BCUT2D eigenvalue weighted by atomic mass is 32.1. The average Bonchev–Trinajstić information content (AvgIpc) is 3.23. The van der Waals surface area contributed by atoms with E-state index in [1.807, 2.05) is 27.7 Å². The van der Waals surface area contributed by atoms with E-state index in [-0.39, 0.29) is 0 Å². The first-order chi connectivity index (χ1) is 15.5. The number of fused-ring (bicyclic) bond motifs is 1. The number of halogens is 2. The number of anilines is 1. The Kier molecular flexibility index (Phi) is 10.5. The molecular formula is C25H36F2N4S. The molecule has 7 heteroatoms. The summed E-state index contributed by atoms with van der Waals surface area (Å²) in [6, 6.07) is 6.26. The highest BCUT2D eigenvalue weighted by Crippen LogP contribution is 2.33. The number of piperidine rings is 1. The molecule has 176 valence electrons. The Morgan fingerprint density at radius 2 is 1.62 bits per heavy atom. The molecule has 0 saturated carbocycles. The number of hydrogen-bond donors (Lipinski definition) is 1. The Bertz CT molecular complexity index is 945. The van der Waals surface area contributed by atoms with Crippen LogP contribution in [0.25, 0.3) is 10.2 Å². The summed E-state index contributed by atoms with van der Waals surface area (Å²) in [7, 11) is 0. The molecule has 1 N–H and O–H groups in total. The van der Waals surface area contributed by atoms with Crippen LogP contribution in [-0.4, -0.2) is 34.0 Å². The summed E-state index contributed by atoms with van der Waals surface area (Å²) >= 11 is 1.72. The first-order valence-corrected chi connectivity index (χ1v) is 12.5. The maximum absolute atomic E-state index is 13.4. The third-order valence-electron chi connectivity index (χ3n) is 5.17. The van der Waals surface area contributed by atoms with Crippen LogP contribution in [0.3, 0.4) is 0 Å². The van der Waals surface area contributed by atoms with Crippen molar-refractivity contribution in [3.63, 3.8) is 0 Å². The topological polar surface area (TPSA) is 41.0 Å². The summed E-state index contributed by atoms with van der Waals surface area (Å²) < 4.78 is 26.8. The predicted molar refractivity (Wildman–Crippen MR) is 132 cm³/mol. The van der Waals surface area contributed by atoms with Crippen molar-refractivity contribution in [2.24, 2.45) is 0 Å². The van der Waals surface area contributed by atoms with Gasteiger partial charge >= 0.3 is 0 Å². The Morgan fingerprint density at radius 3 is 2.22 bits per heavy atom. The molecule has 0 radical (unpaired) electrons. The van der Waals surface area contributed by atoms with Crippen molar-refractivity contribution in [3.8, 4) is 0 Å². The Morgan fingerprint density at radius 1 is 1.00 bits per heavy atom. The lowest BCUT2D eigenvalue weighted by molar-refractivity contribution is 0.211. The fourth-order valence-electron chi connectivity index (χ4n) is 3.66. The van der Waals surface area contributed by atoms with Crippen LogP contribution in [0, 0.1) is 11.6 Å². The number of benzene rings is 1. The summed E-state index contributed by atoms with van der Waals surface area (Å²) in [5.74, 6) is 0.341. The van der Waals surface area contributed by atoms with Crippen molar-refractivity contribution >= 4 is 27.4 Å². The van der Waals surface area contributed by atoms with E-state index >= 15 is 0 Å². The van der Waals surface area contributed by atoms with Gasteiger partial charge in [-0.3, -0.25) is 4.90 Å². The Labute approximate surface area is 195 Å². The second-order valence-corrected chi connectivity index (χ2v) is 8.78. The van der Waals surface area contributed by atoms with E-state index in [0.717, 1.165) is 48.0 Å². The van der Waals surface area contributed by atoms with Gasteiger partial charge in [0.1, 0.15) is 28.6 Å². The van der Waals surface area contributed by atoms with Gasteiger partial charge in [0, 0.05) is 36.6 Å². The Hall–Kier alpha value is -2.12. The molecule has 1 aliphatic heterocycles. The van der Waals surface area contributed by atoms with E-state index in [4.69, 9.17) is 0 Å². The largest absolute Gasteiger partial charge is 0.367 e.